The molecule has 132 valence electrons. The number of hydrogen-bond donors (Lipinski definition) is 0. The smallest absolute Gasteiger partial charge is 0.410 e. The van der Waals surface area contributed by atoms with E-state index in [1.54, 1.807) is 20.8 Å². The summed E-state index contributed by atoms with van der Waals surface area (Å²) in [5.74, 6) is -0.261. The second kappa shape index (κ2) is 7.02. The van der Waals surface area contributed by atoms with E-state index in [2.05, 4.69) is 9.72 Å². The molecule has 1 aliphatic rings. The molecule has 2 atom stereocenters. The lowest BCUT2D eigenvalue weighted by molar-refractivity contribution is 0.0273. The molecular weight excluding hydrogens is 319 g/mol. The van der Waals surface area contributed by atoms with E-state index in [0.29, 0.717) is 5.75 Å². The zero-order valence-electron chi connectivity index (χ0n) is 14.1. The van der Waals surface area contributed by atoms with Crippen LogP contribution in [-0.2, 0) is 9.47 Å². The number of rotatable bonds is 3. The number of likely N-dealkylation sites (tertiary alicyclic amines) is 1. The molecule has 0 bridgehead atoms. The molecule has 0 aliphatic carbocycles. The lowest BCUT2D eigenvalue weighted by atomic mass is 10.2. The molecule has 1 fully saturated rings. The van der Waals surface area contributed by atoms with E-state index in [9.17, 15) is 14.0 Å². The Bertz CT molecular complexity index is 599. The van der Waals surface area contributed by atoms with Gasteiger partial charge in [0.2, 0.25) is 0 Å². The summed E-state index contributed by atoms with van der Waals surface area (Å²) in [5, 5.41) is 0. The number of methoxy groups -OCH3 is 1. The molecule has 0 spiro atoms. The van der Waals surface area contributed by atoms with Gasteiger partial charge in [0.1, 0.15) is 23.1 Å². The highest BCUT2D eigenvalue weighted by Crippen LogP contribution is 2.22. The van der Waals surface area contributed by atoms with Gasteiger partial charge in [-0.15, -0.1) is 0 Å². The van der Waals surface area contributed by atoms with Crippen LogP contribution in [0.2, 0.25) is 0 Å². The first-order valence-electron chi connectivity index (χ1n) is 7.52. The highest BCUT2D eigenvalue weighted by atomic mass is 19.1. The van der Waals surface area contributed by atoms with Crippen LogP contribution in [0.3, 0.4) is 0 Å². The topological polar surface area (TPSA) is 78.0 Å². The zero-order chi connectivity index (χ0) is 17.9. The number of ether oxygens (including phenoxy) is 3. The fourth-order valence-corrected chi connectivity index (χ4v) is 2.17. The molecule has 0 radical (unpaired) electrons. The van der Waals surface area contributed by atoms with Gasteiger partial charge in [-0.3, -0.25) is 0 Å². The fourth-order valence-electron chi connectivity index (χ4n) is 2.17. The average Bonchev–Trinajstić information content (AvgIpc) is 2.87. The summed E-state index contributed by atoms with van der Waals surface area (Å²) >= 11 is 0. The normalized spacial score (nSPS) is 20.6. The largest absolute Gasteiger partial charge is 0.484 e. The molecule has 2 heterocycles. The Hall–Kier alpha value is -2.38. The van der Waals surface area contributed by atoms with Gasteiger partial charge in [-0.2, -0.15) is 0 Å². The Morgan fingerprint density at radius 3 is 2.54 bits per heavy atom. The minimum absolute atomic E-state index is 0.0782. The molecule has 24 heavy (non-hydrogen) atoms. The standard InChI is InChI=1S/C16H21FN2O5/c1-16(2,3)24-15(21)19-8-11(17)13(9-19)23-10-5-6-12(18-7-10)14(20)22-4/h5-7,11,13H,8-9H2,1-4H3/t11-,13-/m1/s1. The van der Waals surface area contributed by atoms with Crippen molar-refractivity contribution in [1.29, 1.82) is 0 Å². The van der Waals surface area contributed by atoms with Crippen LogP contribution in [0.25, 0.3) is 0 Å². The van der Waals surface area contributed by atoms with E-state index in [0.717, 1.165) is 0 Å². The van der Waals surface area contributed by atoms with Crippen LogP contribution in [0.1, 0.15) is 31.3 Å². The van der Waals surface area contributed by atoms with Crippen LogP contribution in [0, 0.1) is 0 Å². The Morgan fingerprint density at radius 1 is 1.29 bits per heavy atom. The number of nitrogens with zero attached hydrogens (tertiary/aromatic N) is 2. The van der Waals surface area contributed by atoms with Crippen molar-refractivity contribution in [1.82, 2.24) is 9.88 Å². The number of carbonyl (C=O) groups is 2. The molecule has 1 aliphatic heterocycles. The van der Waals surface area contributed by atoms with Crippen molar-refractivity contribution in [2.75, 3.05) is 20.2 Å². The Balaban J connectivity index is 1.96. The van der Waals surface area contributed by atoms with E-state index in [1.165, 1.54) is 30.3 Å². The SMILES string of the molecule is COC(=O)c1ccc(O[C@@H]2CN(C(=O)OC(C)(C)C)C[C@H]2F)cn1. The third-order valence-corrected chi connectivity index (χ3v) is 3.27. The number of aromatic nitrogens is 1. The molecular formula is C16H21FN2O5. The fraction of sp³-hybridized carbons (Fsp3) is 0.562. The summed E-state index contributed by atoms with van der Waals surface area (Å²) in [6.07, 6.45) is -1.41. The monoisotopic (exact) mass is 340 g/mol. The molecule has 7 nitrogen and oxygen atoms in total. The van der Waals surface area contributed by atoms with Gasteiger partial charge in [-0.25, -0.2) is 19.0 Å². The molecule has 0 saturated carbocycles. The van der Waals surface area contributed by atoms with Crippen molar-refractivity contribution in [2.24, 2.45) is 0 Å². The van der Waals surface area contributed by atoms with Gasteiger partial charge in [0.25, 0.3) is 0 Å². The summed E-state index contributed by atoms with van der Waals surface area (Å²) in [5.41, 5.74) is -0.515. The summed E-state index contributed by atoms with van der Waals surface area (Å²) in [7, 11) is 1.26. The number of alkyl halides is 1. The van der Waals surface area contributed by atoms with Crippen molar-refractivity contribution >= 4 is 12.1 Å². The summed E-state index contributed by atoms with van der Waals surface area (Å²) in [4.78, 5) is 28.5. The first-order chi connectivity index (χ1) is 11.2. The van der Waals surface area contributed by atoms with Crippen LogP contribution >= 0.6 is 0 Å². The minimum atomic E-state index is -1.34. The van der Waals surface area contributed by atoms with E-state index in [4.69, 9.17) is 9.47 Å². The number of esters is 1. The summed E-state index contributed by atoms with van der Waals surface area (Å²) < 4.78 is 29.4. The highest BCUT2D eigenvalue weighted by Gasteiger charge is 2.39. The lowest BCUT2D eigenvalue weighted by Crippen LogP contribution is -2.36. The number of carbonyl (C=O) groups excluding carboxylic acids is 2. The van der Waals surface area contributed by atoms with Crippen molar-refractivity contribution in [3.63, 3.8) is 0 Å². The van der Waals surface area contributed by atoms with E-state index >= 15 is 0 Å². The Kier molecular flexibility index (Phi) is 5.26. The number of hydrogen-bond acceptors (Lipinski definition) is 6. The van der Waals surface area contributed by atoms with Gasteiger partial charge in [-0.1, -0.05) is 0 Å². The van der Waals surface area contributed by atoms with Crippen LogP contribution in [0.15, 0.2) is 18.3 Å². The molecule has 0 unspecified atom stereocenters. The van der Waals surface area contributed by atoms with Crippen molar-refractivity contribution in [3.05, 3.63) is 24.0 Å². The second-order valence-electron chi connectivity index (χ2n) is 6.43. The van der Waals surface area contributed by atoms with Crippen molar-refractivity contribution in [3.8, 4) is 5.75 Å². The third-order valence-electron chi connectivity index (χ3n) is 3.27. The number of pyridine rings is 1. The molecule has 0 N–H and O–H groups in total. The van der Waals surface area contributed by atoms with Gasteiger partial charge >= 0.3 is 12.1 Å². The van der Waals surface area contributed by atoms with E-state index < -0.39 is 29.9 Å². The predicted molar refractivity (Wildman–Crippen MR) is 82.7 cm³/mol. The van der Waals surface area contributed by atoms with Crippen LogP contribution in [0.4, 0.5) is 9.18 Å². The van der Waals surface area contributed by atoms with Gasteiger partial charge in [0.05, 0.1) is 26.4 Å². The quantitative estimate of drug-likeness (QED) is 0.785. The maximum atomic E-state index is 14.1. The summed E-state index contributed by atoms with van der Waals surface area (Å²) in [6, 6.07) is 2.93. The second-order valence-corrected chi connectivity index (χ2v) is 6.43. The van der Waals surface area contributed by atoms with Crippen molar-refractivity contribution in [2.45, 2.75) is 38.6 Å². The number of amides is 1. The molecule has 1 aromatic rings. The predicted octanol–water partition coefficient (Wildman–Crippen LogP) is 2.20. The summed E-state index contributed by atoms with van der Waals surface area (Å²) in [6.45, 7) is 5.23. The van der Waals surface area contributed by atoms with E-state index in [1.807, 2.05) is 0 Å². The maximum absolute atomic E-state index is 14.1. The average molecular weight is 340 g/mol. The first-order valence-corrected chi connectivity index (χ1v) is 7.52. The van der Waals surface area contributed by atoms with E-state index in [-0.39, 0.29) is 18.8 Å². The molecule has 8 heteroatoms. The lowest BCUT2D eigenvalue weighted by Gasteiger charge is -2.24. The molecule has 0 aromatic carbocycles. The van der Waals surface area contributed by atoms with Crippen LogP contribution in [-0.4, -0.2) is 60.0 Å². The molecule has 1 saturated heterocycles. The Labute approximate surface area is 139 Å². The van der Waals surface area contributed by atoms with Crippen LogP contribution < -0.4 is 4.74 Å². The highest BCUT2D eigenvalue weighted by molar-refractivity contribution is 5.87. The molecule has 2 rings (SSSR count). The first kappa shape index (κ1) is 18.0. The van der Waals surface area contributed by atoms with Gasteiger partial charge in [-0.05, 0) is 32.9 Å². The third kappa shape index (κ3) is 4.56. The van der Waals surface area contributed by atoms with Gasteiger partial charge in [0.15, 0.2) is 6.17 Å². The zero-order valence-corrected chi connectivity index (χ0v) is 14.1. The molecule has 1 amide bonds. The molecule has 1 aromatic heterocycles. The van der Waals surface area contributed by atoms with Gasteiger partial charge < -0.3 is 19.1 Å². The number of halogens is 1. The minimum Gasteiger partial charge on any atom is -0.484 e. The van der Waals surface area contributed by atoms with Crippen LogP contribution in [0.5, 0.6) is 5.75 Å². The Morgan fingerprint density at radius 2 is 2.00 bits per heavy atom. The van der Waals surface area contributed by atoms with Crippen molar-refractivity contribution < 1.29 is 28.2 Å². The maximum Gasteiger partial charge on any atom is 0.410 e. The van der Waals surface area contributed by atoms with Gasteiger partial charge in [0, 0.05) is 0 Å².